The lowest BCUT2D eigenvalue weighted by Gasteiger charge is -2.27. The van der Waals surface area contributed by atoms with Gasteiger partial charge in [-0.1, -0.05) is 6.07 Å². The van der Waals surface area contributed by atoms with Crippen LogP contribution in [0, 0.1) is 5.92 Å². The first-order valence-corrected chi connectivity index (χ1v) is 6.22. The summed E-state index contributed by atoms with van der Waals surface area (Å²) in [6.45, 7) is 2.34. The maximum Gasteiger partial charge on any atom is 0.272 e. The van der Waals surface area contributed by atoms with Gasteiger partial charge in [-0.15, -0.1) is 0 Å². The number of nitrogen functional groups attached to an aromatic ring is 1. The Balaban J connectivity index is 1.95. The minimum absolute atomic E-state index is 0.0752. The van der Waals surface area contributed by atoms with Crippen molar-refractivity contribution in [3.8, 4) is 0 Å². The van der Waals surface area contributed by atoms with Crippen molar-refractivity contribution in [2.75, 3.05) is 32.5 Å². The van der Waals surface area contributed by atoms with E-state index in [-0.39, 0.29) is 5.91 Å². The van der Waals surface area contributed by atoms with Crippen molar-refractivity contribution in [1.29, 1.82) is 0 Å². The summed E-state index contributed by atoms with van der Waals surface area (Å²) in [5.74, 6) is 0.822. The molecule has 2 heterocycles. The van der Waals surface area contributed by atoms with E-state index in [4.69, 9.17) is 10.5 Å². The third kappa shape index (κ3) is 3.20. The average molecular weight is 249 g/mol. The Labute approximate surface area is 107 Å². The minimum atomic E-state index is -0.0752. The zero-order chi connectivity index (χ0) is 13.0. The molecule has 5 nitrogen and oxygen atoms in total. The van der Waals surface area contributed by atoms with Gasteiger partial charge in [0.05, 0.1) is 0 Å². The molecule has 0 bridgehead atoms. The van der Waals surface area contributed by atoms with E-state index in [1.165, 1.54) is 0 Å². The molecule has 2 N–H and O–H groups in total. The van der Waals surface area contributed by atoms with Gasteiger partial charge in [-0.25, -0.2) is 4.98 Å². The Bertz CT molecular complexity index is 416. The summed E-state index contributed by atoms with van der Waals surface area (Å²) >= 11 is 0. The van der Waals surface area contributed by atoms with E-state index in [0.717, 1.165) is 32.6 Å². The van der Waals surface area contributed by atoms with Gasteiger partial charge in [0.1, 0.15) is 11.5 Å². The molecule has 0 aliphatic carbocycles. The van der Waals surface area contributed by atoms with E-state index in [0.29, 0.717) is 17.4 Å². The highest BCUT2D eigenvalue weighted by Crippen LogP contribution is 2.16. The van der Waals surface area contributed by atoms with Crippen LogP contribution >= 0.6 is 0 Å². The number of anilines is 1. The molecule has 0 radical (unpaired) electrons. The molecular formula is C13H19N3O2. The molecule has 1 aromatic rings. The van der Waals surface area contributed by atoms with E-state index in [1.807, 2.05) is 7.05 Å². The van der Waals surface area contributed by atoms with Crippen LogP contribution in [0.2, 0.25) is 0 Å². The lowest BCUT2D eigenvalue weighted by molar-refractivity contribution is 0.0495. The molecule has 2 rings (SSSR count). The number of nitrogens with zero attached hydrogens (tertiary/aromatic N) is 2. The summed E-state index contributed by atoms with van der Waals surface area (Å²) in [6, 6.07) is 5.12. The molecule has 0 spiro atoms. The normalized spacial score (nSPS) is 16.5. The molecule has 1 saturated heterocycles. The van der Waals surface area contributed by atoms with Gasteiger partial charge < -0.3 is 15.4 Å². The van der Waals surface area contributed by atoms with Crippen LogP contribution in [0.4, 0.5) is 5.82 Å². The van der Waals surface area contributed by atoms with Crippen molar-refractivity contribution in [2.45, 2.75) is 12.8 Å². The summed E-state index contributed by atoms with van der Waals surface area (Å²) < 4.78 is 5.31. The molecule has 1 amide bonds. The summed E-state index contributed by atoms with van der Waals surface area (Å²) in [7, 11) is 1.81. The Morgan fingerprint density at radius 1 is 1.50 bits per heavy atom. The molecule has 1 aliphatic rings. The first kappa shape index (κ1) is 12.8. The molecule has 0 atom stereocenters. The summed E-state index contributed by atoms with van der Waals surface area (Å²) in [6.07, 6.45) is 2.03. The van der Waals surface area contributed by atoms with Gasteiger partial charge in [-0.2, -0.15) is 0 Å². The fraction of sp³-hybridized carbons (Fsp3) is 0.538. The lowest BCUT2D eigenvalue weighted by Crippen LogP contribution is -2.34. The third-order valence-electron chi connectivity index (χ3n) is 3.21. The van der Waals surface area contributed by atoms with Crippen LogP contribution in [-0.4, -0.2) is 42.6 Å². The first-order valence-electron chi connectivity index (χ1n) is 6.22. The topological polar surface area (TPSA) is 68.5 Å². The van der Waals surface area contributed by atoms with Crippen molar-refractivity contribution < 1.29 is 9.53 Å². The highest BCUT2D eigenvalue weighted by atomic mass is 16.5. The second-order valence-corrected chi connectivity index (χ2v) is 4.69. The van der Waals surface area contributed by atoms with Gasteiger partial charge in [0, 0.05) is 26.8 Å². The number of hydrogen-bond acceptors (Lipinski definition) is 4. The number of ether oxygens (including phenoxy) is 1. The minimum Gasteiger partial charge on any atom is -0.384 e. The molecule has 98 valence electrons. The Kier molecular flexibility index (Phi) is 4.15. The second kappa shape index (κ2) is 5.82. The van der Waals surface area contributed by atoms with Crippen molar-refractivity contribution >= 4 is 11.7 Å². The molecule has 1 aliphatic heterocycles. The Morgan fingerprint density at radius 2 is 2.22 bits per heavy atom. The zero-order valence-electron chi connectivity index (χ0n) is 10.6. The van der Waals surface area contributed by atoms with Gasteiger partial charge in [0.2, 0.25) is 0 Å². The summed E-state index contributed by atoms with van der Waals surface area (Å²) in [5, 5.41) is 0. The van der Waals surface area contributed by atoms with Gasteiger partial charge >= 0.3 is 0 Å². The number of aromatic nitrogens is 1. The van der Waals surface area contributed by atoms with Crippen LogP contribution in [0.3, 0.4) is 0 Å². The zero-order valence-corrected chi connectivity index (χ0v) is 10.6. The lowest BCUT2D eigenvalue weighted by atomic mass is 10.00. The summed E-state index contributed by atoms with van der Waals surface area (Å²) in [4.78, 5) is 17.9. The average Bonchev–Trinajstić information content (AvgIpc) is 2.39. The van der Waals surface area contributed by atoms with Crippen LogP contribution < -0.4 is 5.73 Å². The van der Waals surface area contributed by atoms with Crippen molar-refractivity contribution in [1.82, 2.24) is 9.88 Å². The molecule has 5 heteroatoms. The molecule has 0 saturated carbocycles. The molecule has 18 heavy (non-hydrogen) atoms. The van der Waals surface area contributed by atoms with Gasteiger partial charge in [-0.3, -0.25) is 4.79 Å². The third-order valence-corrected chi connectivity index (χ3v) is 3.21. The number of nitrogens with two attached hydrogens (primary N) is 1. The standard InChI is InChI=1S/C13H19N3O2/c1-16(9-10-5-7-18-8-6-10)13(17)11-3-2-4-12(14)15-11/h2-4,10H,5-9H2,1H3,(H2,14,15). The number of amides is 1. The monoisotopic (exact) mass is 249 g/mol. The van der Waals surface area contributed by atoms with Crippen molar-refractivity contribution in [3.05, 3.63) is 23.9 Å². The van der Waals surface area contributed by atoms with Gasteiger partial charge in [0.25, 0.3) is 5.91 Å². The molecule has 0 unspecified atom stereocenters. The molecular weight excluding hydrogens is 230 g/mol. The number of carbonyl (C=O) groups is 1. The number of rotatable bonds is 3. The van der Waals surface area contributed by atoms with E-state index >= 15 is 0 Å². The van der Waals surface area contributed by atoms with Gasteiger partial charge in [0.15, 0.2) is 0 Å². The van der Waals surface area contributed by atoms with Gasteiger partial charge in [-0.05, 0) is 30.9 Å². The van der Waals surface area contributed by atoms with Crippen LogP contribution in [-0.2, 0) is 4.74 Å². The maximum absolute atomic E-state index is 12.1. The molecule has 1 fully saturated rings. The first-order chi connectivity index (χ1) is 8.66. The predicted octanol–water partition coefficient (Wildman–Crippen LogP) is 1.16. The SMILES string of the molecule is CN(CC1CCOCC1)C(=O)c1cccc(N)n1. The second-order valence-electron chi connectivity index (χ2n) is 4.69. The van der Waals surface area contributed by atoms with E-state index < -0.39 is 0 Å². The number of hydrogen-bond donors (Lipinski definition) is 1. The predicted molar refractivity (Wildman–Crippen MR) is 69.2 cm³/mol. The fourth-order valence-electron chi connectivity index (χ4n) is 2.17. The van der Waals surface area contributed by atoms with Crippen LogP contribution in [0.25, 0.3) is 0 Å². The van der Waals surface area contributed by atoms with Crippen LogP contribution in [0.5, 0.6) is 0 Å². The number of carbonyl (C=O) groups excluding carboxylic acids is 1. The van der Waals surface area contributed by atoms with E-state index in [2.05, 4.69) is 4.98 Å². The quantitative estimate of drug-likeness (QED) is 0.873. The summed E-state index contributed by atoms with van der Waals surface area (Å²) in [5.41, 5.74) is 5.99. The maximum atomic E-state index is 12.1. The Hall–Kier alpha value is -1.62. The van der Waals surface area contributed by atoms with Crippen LogP contribution in [0.1, 0.15) is 23.3 Å². The molecule has 0 aromatic carbocycles. The van der Waals surface area contributed by atoms with Crippen LogP contribution in [0.15, 0.2) is 18.2 Å². The fourth-order valence-corrected chi connectivity index (χ4v) is 2.17. The Morgan fingerprint density at radius 3 is 2.89 bits per heavy atom. The highest BCUT2D eigenvalue weighted by molar-refractivity contribution is 5.92. The van der Waals surface area contributed by atoms with Crippen molar-refractivity contribution in [3.63, 3.8) is 0 Å². The highest BCUT2D eigenvalue weighted by Gasteiger charge is 2.20. The largest absolute Gasteiger partial charge is 0.384 e. The molecule has 1 aromatic heterocycles. The smallest absolute Gasteiger partial charge is 0.272 e. The van der Waals surface area contributed by atoms with Crippen molar-refractivity contribution in [2.24, 2.45) is 5.92 Å². The number of pyridine rings is 1. The van der Waals surface area contributed by atoms with E-state index in [9.17, 15) is 4.79 Å². The van der Waals surface area contributed by atoms with E-state index in [1.54, 1.807) is 23.1 Å².